The van der Waals surface area contributed by atoms with Crippen LogP contribution in [0.2, 0.25) is 0 Å². The Morgan fingerprint density at radius 3 is 2.50 bits per heavy atom. The Morgan fingerprint density at radius 1 is 1.25 bits per heavy atom. The number of rotatable bonds is 3. The van der Waals surface area contributed by atoms with Crippen molar-refractivity contribution in [1.82, 2.24) is 0 Å². The monoisotopic (exact) mass is 292 g/mol. The van der Waals surface area contributed by atoms with Gasteiger partial charge in [0.2, 0.25) is 0 Å². The predicted molar refractivity (Wildman–Crippen MR) is 77.6 cm³/mol. The molecule has 7 heteroatoms. The van der Waals surface area contributed by atoms with Crippen molar-refractivity contribution in [3.63, 3.8) is 0 Å². The van der Waals surface area contributed by atoms with Gasteiger partial charge in [-0.3, -0.25) is 4.21 Å². The van der Waals surface area contributed by atoms with Gasteiger partial charge in [-0.1, -0.05) is 0 Å². The van der Waals surface area contributed by atoms with Crippen LogP contribution in [-0.4, -0.2) is 35.0 Å². The zero-order valence-electron chi connectivity index (χ0n) is 11.3. The second-order valence-corrected chi connectivity index (χ2v) is 5.34. The first-order valence-corrected chi connectivity index (χ1v) is 6.89. The maximum atomic E-state index is 11.1. The second kappa shape index (κ2) is 5.56. The highest BCUT2D eigenvalue weighted by atomic mass is 32.2. The van der Waals surface area contributed by atoms with Crippen molar-refractivity contribution in [3.8, 4) is 5.75 Å². The molecule has 2 aromatic rings. The van der Waals surface area contributed by atoms with E-state index in [4.69, 9.17) is 0 Å². The Labute approximate surface area is 119 Å². The third-order valence-electron chi connectivity index (χ3n) is 2.91. The third-order valence-corrected chi connectivity index (χ3v) is 3.53. The third kappa shape index (κ3) is 2.50. The summed E-state index contributed by atoms with van der Waals surface area (Å²) < 4.78 is 22.2. The number of fused-ring (bicyclic) bond motifs is 1. The van der Waals surface area contributed by atoms with Gasteiger partial charge in [-0.05, 0) is 35.3 Å². The molecule has 0 fully saturated rings. The molecule has 0 aromatic heterocycles. The molecule has 0 spiro atoms. The van der Waals surface area contributed by atoms with Crippen molar-refractivity contribution in [2.45, 2.75) is 4.90 Å². The van der Waals surface area contributed by atoms with E-state index in [0.29, 0.717) is 16.5 Å². The fourth-order valence-electron chi connectivity index (χ4n) is 2.02. The van der Waals surface area contributed by atoms with E-state index in [0.717, 1.165) is 5.69 Å². The molecule has 1 N–H and O–H groups in total. The smallest absolute Gasteiger partial charge is 0.124 e. The van der Waals surface area contributed by atoms with E-state index in [9.17, 15) is 13.9 Å². The van der Waals surface area contributed by atoms with Crippen LogP contribution in [0.4, 0.5) is 11.4 Å². The minimum Gasteiger partial charge on any atom is -0.768 e. The molecule has 0 amide bonds. The SMILES string of the molecule is CN=Nc1c(N(C)C)ccc2c(O)cc(S(=O)[O-])cc12. The highest BCUT2D eigenvalue weighted by Gasteiger charge is 2.13. The summed E-state index contributed by atoms with van der Waals surface area (Å²) in [5, 5.41) is 18.9. The average molecular weight is 292 g/mol. The highest BCUT2D eigenvalue weighted by Crippen LogP contribution is 2.40. The zero-order valence-corrected chi connectivity index (χ0v) is 12.1. The summed E-state index contributed by atoms with van der Waals surface area (Å²) in [5.74, 6) is -0.0976. The topological polar surface area (TPSA) is 88.3 Å². The molecule has 0 bridgehead atoms. The Balaban J connectivity index is 2.90. The van der Waals surface area contributed by atoms with Gasteiger partial charge < -0.3 is 14.6 Å². The van der Waals surface area contributed by atoms with Gasteiger partial charge in [0.05, 0.1) is 5.69 Å². The van der Waals surface area contributed by atoms with E-state index in [-0.39, 0.29) is 10.6 Å². The van der Waals surface area contributed by atoms with Crippen LogP contribution in [0.25, 0.3) is 10.8 Å². The van der Waals surface area contributed by atoms with Gasteiger partial charge in [-0.25, -0.2) is 0 Å². The summed E-state index contributed by atoms with van der Waals surface area (Å²) in [6.07, 6.45) is 0. The van der Waals surface area contributed by atoms with E-state index in [2.05, 4.69) is 10.2 Å². The normalized spacial score (nSPS) is 13.0. The van der Waals surface area contributed by atoms with Gasteiger partial charge in [0.1, 0.15) is 11.4 Å². The number of nitrogens with zero attached hydrogens (tertiary/aromatic N) is 3. The quantitative estimate of drug-likeness (QED) is 0.695. The fraction of sp³-hybridized carbons (Fsp3) is 0.231. The van der Waals surface area contributed by atoms with Crippen LogP contribution in [0.5, 0.6) is 5.75 Å². The molecule has 1 unspecified atom stereocenters. The molecule has 0 aliphatic carbocycles. The summed E-state index contributed by atoms with van der Waals surface area (Å²) >= 11 is -2.42. The molecule has 106 valence electrons. The largest absolute Gasteiger partial charge is 0.768 e. The predicted octanol–water partition coefficient (Wildman–Crippen LogP) is 2.56. The fourth-order valence-corrected chi connectivity index (χ4v) is 2.45. The van der Waals surface area contributed by atoms with Crippen molar-refractivity contribution in [1.29, 1.82) is 0 Å². The lowest BCUT2D eigenvalue weighted by Gasteiger charge is -2.17. The molecule has 0 aliphatic rings. The number of phenols is 1. The minimum absolute atomic E-state index is 0.0125. The number of azo groups is 1. The lowest BCUT2D eigenvalue weighted by Crippen LogP contribution is -2.08. The molecule has 1 atom stereocenters. The second-order valence-electron chi connectivity index (χ2n) is 4.40. The maximum Gasteiger partial charge on any atom is 0.124 e. The molecular formula is C13H14N3O3S-. The van der Waals surface area contributed by atoms with E-state index < -0.39 is 11.1 Å². The van der Waals surface area contributed by atoms with Crippen LogP contribution in [-0.2, 0) is 11.1 Å². The lowest BCUT2D eigenvalue weighted by molar-refractivity contribution is 0.479. The Kier molecular flexibility index (Phi) is 4.01. The van der Waals surface area contributed by atoms with Gasteiger partial charge >= 0.3 is 0 Å². The molecule has 2 rings (SSSR count). The maximum absolute atomic E-state index is 11.1. The first kappa shape index (κ1) is 14.4. The van der Waals surface area contributed by atoms with E-state index in [1.54, 1.807) is 12.1 Å². The molecule has 0 heterocycles. The Hall–Kier alpha value is -1.99. The highest BCUT2D eigenvalue weighted by molar-refractivity contribution is 7.79. The molecular weight excluding hydrogens is 278 g/mol. The number of anilines is 1. The zero-order chi connectivity index (χ0) is 14.9. The van der Waals surface area contributed by atoms with Crippen molar-refractivity contribution >= 4 is 33.2 Å². The van der Waals surface area contributed by atoms with E-state index >= 15 is 0 Å². The standard InChI is InChI=1S/C13H15N3O3S/c1-14-15-13-10-6-8(20(18)19)7-12(17)9(10)4-5-11(13)16(2)3/h4-7,17H,1-3H3,(H,18,19)/p-1. The molecule has 0 radical (unpaired) electrons. The van der Waals surface area contributed by atoms with Gasteiger partial charge in [0, 0.05) is 36.8 Å². The molecule has 0 aliphatic heterocycles. The Morgan fingerprint density at radius 2 is 1.95 bits per heavy atom. The Bertz CT molecular complexity index is 714. The molecule has 0 saturated heterocycles. The van der Waals surface area contributed by atoms with Gasteiger partial charge in [-0.2, -0.15) is 10.2 Å². The minimum atomic E-state index is -2.42. The summed E-state index contributed by atoms with van der Waals surface area (Å²) in [6.45, 7) is 0. The van der Waals surface area contributed by atoms with Crippen molar-refractivity contribution < 1.29 is 13.9 Å². The van der Waals surface area contributed by atoms with Crippen LogP contribution in [0.15, 0.2) is 39.4 Å². The number of phenolic OH excluding ortho intramolecular Hbond substituents is 1. The summed E-state index contributed by atoms with van der Waals surface area (Å²) in [7, 11) is 5.24. The van der Waals surface area contributed by atoms with E-state index in [1.807, 2.05) is 19.0 Å². The number of aromatic hydroxyl groups is 1. The van der Waals surface area contributed by atoms with Crippen LogP contribution in [0.1, 0.15) is 0 Å². The van der Waals surface area contributed by atoms with Crippen LogP contribution < -0.4 is 4.90 Å². The lowest BCUT2D eigenvalue weighted by atomic mass is 10.1. The van der Waals surface area contributed by atoms with Crippen molar-refractivity contribution in [3.05, 3.63) is 24.3 Å². The van der Waals surface area contributed by atoms with Gasteiger partial charge in [0.15, 0.2) is 0 Å². The number of hydrogen-bond acceptors (Lipinski definition) is 6. The van der Waals surface area contributed by atoms with Crippen molar-refractivity contribution in [2.24, 2.45) is 10.2 Å². The number of hydrogen-bond donors (Lipinski definition) is 1. The molecule has 0 saturated carbocycles. The molecule has 2 aromatic carbocycles. The van der Waals surface area contributed by atoms with Crippen molar-refractivity contribution in [2.75, 3.05) is 26.0 Å². The molecule has 20 heavy (non-hydrogen) atoms. The van der Waals surface area contributed by atoms with Gasteiger partial charge in [0.25, 0.3) is 0 Å². The van der Waals surface area contributed by atoms with Gasteiger partial charge in [-0.15, -0.1) is 0 Å². The van der Waals surface area contributed by atoms with Crippen LogP contribution in [0.3, 0.4) is 0 Å². The van der Waals surface area contributed by atoms with Crippen LogP contribution in [0, 0.1) is 0 Å². The van der Waals surface area contributed by atoms with Crippen LogP contribution >= 0.6 is 0 Å². The molecule has 6 nitrogen and oxygen atoms in total. The number of benzene rings is 2. The first-order chi connectivity index (χ1) is 9.45. The summed E-state index contributed by atoms with van der Waals surface area (Å²) in [4.78, 5) is 1.86. The summed E-state index contributed by atoms with van der Waals surface area (Å²) in [6, 6.07) is 6.23. The summed E-state index contributed by atoms with van der Waals surface area (Å²) in [5.41, 5.74) is 1.31. The average Bonchev–Trinajstić information content (AvgIpc) is 2.39. The van der Waals surface area contributed by atoms with E-state index in [1.165, 1.54) is 19.2 Å². The first-order valence-electron chi connectivity index (χ1n) is 5.82.